The van der Waals surface area contributed by atoms with E-state index in [9.17, 15) is 22.0 Å². The molecule has 1 fully saturated rings. The summed E-state index contributed by atoms with van der Waals surface area (Å²) >= 11 is 0. The lowest BCUT2D eigenvalue weighted by atomic mass is 9.85. The Balaban J connectivity index is 1.61. The minimum absolute atomic E-state index is 0.128. The topological polar surface area (TPSA) is 3.24 Å². The summed E-state index contributed by atoms with van der Waals surface area (Å²) in [5.41, 5.74) is 1.46. The minimum atomic E-state index is -2.12. The van der Waals surface area contributed by atoms with E-state index in [4.69, 9.17) is 0 Å². The first-order chi connectivity index (χ1) is 13.5. The summed E-state index contributed by atoms with van der Waals surface area (Å²) in [6, 6.07) is 7.59. The summed E-state index contributed by atoms with van der Waals surface area (Å²) in [7, 11) is 0. The zero-order valence-corrected chi connectivity index (χ0v) is 14.7. The SMILES string of the molecule is Fc1c(F)c(F)c(CN2C3C=CC=CC3C3Cc4ccccc4C32)c(F)c1F. The van der Waals surface area contributed by atoms with Gasteiger partial charge in [0.1, 0.15) is 0 Å². The lowest BCUT2D eigenvalue weighted by Crippen LogP contribution is -2.33. The van der Waals surface area contributed by atoms with Crippen molar-refractivity contribution in [2.24, 2.45) is 11.8 Å². The maximum Gasteiger partial charge on any atom is 0.200 e. The lowest BCUT2D eigenvalue weighted by molar-refractivity contribution is 0.190. The van der Waals surface area contributed by atoms with Gasteiger partial charge in [-0.15, -0.1) is 0 Å². The molecule has 0 amide bonds. The average Bonchev–Trinajstić information content (AvgIpc) is 3.24. The van der Waals surface area contributed by atoms with E-state index in [-0.39, 0.29) is 30.5 Å². The number of benzene rings is 2. The largest absolute Gasteiger partial charge is 0.285 e. The predicted octanol–water partition coefficient (Wildman–Crippen LogP) is 5.22. The number of hydrogen-bond acceptors (Lipinski definition) is 1. The first kappa shape index (κ1) is 17.6. The third kappa shape index (κ3) is 2.33. The molecule has 2 aromatic carbocycles. The van der Waals surface area contributed by atoms with E-state index in [0.29, 0.717) is 0 Å². The van der Waals surface area contributed by atoms with Crippen molar-refractivity contribution in [2.75, 3.05) is 0 Å². The zero-order valence-electron chi connectivity index (χ0n) is 14.7. The Labute approximate surface area is 158 Å². The molecule has 0 radical (unpaired) electrons. The predicted molar refractivity (Wildman–Crippen MR) is 93.7 cm³/mol. The molecule has 0 saturated carbocycles. The van der Waals surface area contributed by atoms with Gasteiger partial charge in [-0.1, -0.05) is 48.6 Å². The van der Waals surface area contributed by atoms with Crippen LogP contribution in [0.4, 0.5) is 22.0 Å². The Hall–Kier alpha value is -2.47. The molecule has 0 N–H and O–H groups in total. The first-order valence-corrected chi connectivity index (χ1v) is 9.18. The summed E-state index contributed by atoms with van der Waals surface area (Å²) in [6.07, 6.45) is 8.65. The molecule has 1 saturated heterocycles. The number of allylic oxidation sites excluding steroid dienone is 2. The molecule has 3 aliphatic rings. The van der Waals surface area contributed by atoms with E-state index in [1.54, 1.807) is 0 Å². The van der Waals surface area contributed by atoms with Gasteiger partial charge in [0, 0.05) is 30.1 Å². The van der Waals surface area contributed by atoms with E-state index in [0.717, 1.165) is 12.0 Å². The number of halogens is 5. The highest BCUT2D eigenvalue weighted by Crippen LogP contribution is 2.54. The number of fused-ring (bicyclic) bond motifs is 5. The quantitative estimate of drug-likeness (QED) is 0.387. The average molecular weight is 389 g/mol. The van der Waals surface area contributed by atoms with Crippen LogP contribution in [0.2, 0.25) is 0 Å². The molecule has 2 aromatic rings. The molecule has 2 aliphatic carbocycles. The van der Waals surface area contributed by atoms with Crippen LogP contribution in [-0.4, -0.2) is 10.9 Å². The van der Waals surface area contributed by atoms with Gasteiger partial charge < -0.3 is 0 Å². The second-order valence-corrected chi connectivity index (χ2v) is 7.57. The van der Waals surface area contributed by atoms with Crippen molar-refractivity contribution in [3.8, 4) is 0 Å². The van der Waals surface area contributed by atoms with Crippen LogP contribution in [0.25, 0.3) is 0 Å². The Bertz CT molecular complexity index is 999. The molecule has 0 bridgehead atoms. The van der Waals surface area contributed by atoms with Gasteiger partial charge in [0.05, 0.1) is 0 Å². The number of hydrogen-bond donors (Lipinski definition) is 0. The summed E-state index contributed by atoms with van der Waals surface area (Å²) < 4.78 is 69.5. The van der Waals surface area contributed by atoms with Crippen LogP contribution in [0.3, 0.4) is 0 Å². The van der Waals surface area contributed by atoms with E-state index >= 15 is 0 Å². The summed E-state index contributed by atoms with van der Waals surface area (Å²) in [5, 5.41) is 0. The second-order valence-electron chi connectivity index (χ2n) is 7.57. The molecule has 4 atom stereocenters. The highest BCUT2D eigenvalue weighted by atomic mass is 19.2. The van der Waals surface area contributed by atoms with Crippen LogP contribution in [-0.2, 0) is 13.0 Å². The van der Waals surface area contributed by atoms with Crippen LogP contribution in [0.15, 0.2) is 48.6 Å². The van der Waals surface area contributed by atoms with Crippen LogP contribution >= 0.6 is 0 Å². The number of nitrogens with zero attached hydrogens (tertiary/aromatic N) is 1. The van der Waals surface area contributed by atoms with Gasteiger partial charge in [-0.25, -0.2) is 22.0 Å². The van der Waals surface area contributed by atoms with Gasteiger partial charge in [-0.3, -0.25) is 4.90 Å². The van der Waals surface area contributed by atoms with Crippen molar-refractivity contribution in [3.63, 3.8) is 0 Å². The van der Waals surface area contributed by atoms with E-state index in [1.165, 1.54) is 5.56 Å². The Morgan fingerprint density at radius 3 is 2.21 bits per heavy atom. The third-order valence-electron chi connectivity index (χ3n) is 6.26. The second kappa shape index (κ2) is 6.27. The summed E-state index contributed by atoms with van der Waals surface area (Å²) in [4.78, 5) is 1.87. The molecular formula is C22H16F5N. The molecule has 0 aromatic heterocycles. The number of likely N-dealkylation sites (tertiary alicyclic amines) is 1. The van der Waals surface area contributed by atoms with Crippen molar-refractivity contribution < 1.29 is 22.0 Å². The molecule has 1 nitrogen and oxygen atoms in total. The normalized spacial score (nSPS) is 27.8. The molecule has 1 heterocycles. The Morgan fingerprint density at radius 1 is 0.821 bits per heavy atom. The number of rotatable bonds is 2. The highest BCUT2D eigenvalue weighted by molar-refractivity contribution is 5.41. The van der Waals surface area contributed by atoms with Gasteiger partial charge in [0.2, 0.25) is 5.82 Å². The highest BCUT2D eigenvalue weighted by Gasteiger charge is 2.51. The summed E-state index contributed by atoms with van der Waals surface area (Å²) in [6.45, 7) is -0.347. The summed E-state index contributed by atoms with van der Waals surface area (Å²) in [5.74, 6) is -9.09. The van der Waals surface area contributed by atoms with Crippen molar-refractivity contribution in [1.29, 1.82) is 0 Å². The van der Waals surface area contributed by atoms with E-state index in [1.807, 2.05) is 47.4 Å². The molecule has 0 spiro atoms. The van der Waals surface area contributed by atoms with Crippen LogP contribution in [0.5, 0.6) is 0 Å². The van der Waals surface area contributed by atoms with Gasteiger partial charge in [-0.2, -0.15) is 0 Å². The molecule has 6 heteroatoms. The molecular weight excluding hydrogens is 373 g/mol. The van der Waals surface area contributed by atoms with Crippen LogP contribution < -0.4 is 0 Å². The molecule has 144 valence electrons. The van der Waals surface area contributed by atoms with Crippen molar-refractivity contribution in [3.05, 3.63) is 94.3 Å². The maximum atomic E-state index is 14.3. The standard InChI is InChI=1S/C22H16F5N/c23-17-15(18(24)20(26)21(27)19(17)25)10-28-16-8-4-3-7-13(16)14-9-11-5-1-2-6-12(11)22(14)28/h1-8,13-14,16,22H,9-10H2. The van der Waals surface area contributed by atoms with E-state index < -0.39 is 34.6 Å². The van der Waals surface area contributed by atoms with Gasteiger partial charge in [0.15, 0.2) is 23.3 Å². The first-order valence-electron chi connectivity index (χ1n) is 9.18. The fraction of sp³-hybridized carbons (Fsp3) is 0.273. The van der Waals surface area contributed by atoms with Crippen LogP contribution in [0, 0.1) is 40.9 Å². The monoisotopic (exact) mass is 389 g/mol. The maximum absolute atomic E-state index is 14.3. The molecule has 5 rings (SSSR count). The molecule has 28 heavy (non-hydrogen) atoms. The van der Waals surface area contributed by atoms with Gasteiger partial charge in [-0.05, 0) is 23.5 Å². The van der Waals surface area contributed by atoms with Crippen molar-refractivity contribution >= 4 is 0 Å². The molecule has 1 aliphatic heterocycles. The van der Waals surface area contributed by atoms with Crippen molar-refractivity contribution in [1.82, 2.24) is 4.90 Å². The van der Waals surface area contributed by atoms with Gasteiger partial charge >= 0.3 is 0 Å². The van der Waals surface area contributed by atoms with Gasteiger partial charge in [0.25, 0.3) is 0 Å². The fourth-order valence-electron chi connectivity index (χ4n) is 5.08. The fourth-order valence-corrected chi connectivity index (χ4v) is 5.08. The van der Waals surface area contributed by atoms with E-state index in [2.05, 4.69) is 6.08 Å². The zero-order chi connectivity index (χ0) is 19.6. The Morgan fingerprint density at radius 2 is 1.46 bits per heavy atom. The van der Waals surface area contributed by atoms with Crippen LogP contribution in [0.1, 0.15) is 22.7 Å². The minimum Gasteiger partial charge on any atom is -0.285 e. The van der Waals surface area contributed by atoms with Crippen molar-refractivity contribution in [2.45, 2.75) is 25.0 Å². The third-order valence-corrected chi connectivity index (χ3v) is 6.26. The molecule has 4 unspecified atom stereocenters. The lowest BCUT2D eigenvalue weighted by Gasteiger charge is -2.30. The smallest absolute Gasteiger partial charge is 0.200 e. The Kier molecular flexibility index (Phi) is 3.95.